The Bertz CT molecular complexity index is 862. The second-order valence-corrected chi connectivity index (χ2v) is 7.31. The molecule has 148 valence electrons. The lowest BCUT2D eigenvalue weighted by atomic mass is 10.0. The number of rotatable bonds is 10. The lowest BCUT2D eigenvalue weighted by molar-refractivity contribution is 0.410. The maximum absolute atomic E-state index is 14.7. The van der Waals surface area contributed by atoms with Crippen LogP contribution >= 0.6 is 11.6 Å². The average molecular weight is 404 g/mol. The van der Waals surface area contributed by atoms with E-state index in [-0.39, 0.29) is 6.04 Å². The molecule has 1 aliphatic rings. The number of benzene rings is 1. The van der Waals surface area contributed by atoms with E-state index in [1.807, 2.05) is 13.8 Å². The minimum atomic E-state index is -0.596. The fraction of sp³-hybridized carbons (Fsp3) is 0.526. The summed E-state index contributed by atoms with van der Waals surface area (Å²) in [6.45, 7) is 4.58. The summed E-state index contributed by atoms with van der Waals surface area (Å²) in [5.41, 5.74) is -0.100. The zero-order valence-electron chi connectivity index (χ0n) is 15.9. The molecule has 0 saturated carbocycles. The quantitative estimate of drug-likeness (QED) is 0.606. The van der Waals surface area contributed by atoms with Crippen molar-refractivity contribution in [3.63, 3.8) is 0 Å². The van der Waals surface area contributed by atoms with E-state index >= 15 is 0 Å². The molecule has 28 heavy (non-hydrogen) atoms. The van der Waals surface area contributed by atoms with Gasteiger partial charge >= 0.3 is 0 Å². The predicted molar refractivity (Wildman–Crippen MR) is 104 cm³/mol. The van der Waals surface area contributed by atoms with E-state index in [2.05, 4.69) is 37.0 Å². The zero-order valence-corrected chi connectivity index (χ0v) is 16.7. The van der Waals surface area contributed by atoms with Crippen molar-refractivity contribution in [3.05, 3.63) is 40.4 Å². The molecule has 3 rings (SSSR count). The molecule has 2 atom stereocenters. The van der Waals surface area contributed by atoms with E-state index in [1.54, 1.807) is 16.8 Å². The molecule has 0 saturated heterocycles. The second kappa shape index (κ2) is 8.76. The minimum Gasteiger partial charge on any atom is -0.303 e. The third-order valence-electron chi connectivity index (χ3n) is 5.00. The molecule has 0 amide bonds. The van der Waals surface area contributed by atoms with Crippen LogP contribution in [0, 0.1) is 18.2 Å². The van der Waals surface area contributed by atoms with E-state index < -0.39 is 17.5 Å². The first-order valence-electron chi connectivity index (χ1n) is 9.34. The van der Waals surface area contributed by atoms with Crippen LogP contribution in [0.15, 0.2) is 28.4 Å². The van der Waals surface area contributed by atoms with Gasteiger partial charge in [0, 0.05) is 36.4 Å². The van der Waals surface area contributed by atoms with Crippen molar-refractivity contribution < 1.29 is 4.39 Å². The van der Waals surface area contributed by atoms with Crippen molar-refractivity contribution >= 4 is 11.6 Å². The molecule has 0 aliphatic carbocycles. The lowest BCUT2D eigenvalue weighted by Gasteiger charge is -2.22. The van der Waals surface area contributed by atoms with Crippen LogP contribution in [-0.2, 0) is 0 Å². The zero-order chi connectivity index (χ0) is 20.1. The summed E-state index contributed by atoms with van der Waals surface area (Å²) in [7, 11) is 0. The Hall–Kier alpha value is -2.37. The van der Waals surface area contributed by atoms with Crippen LogP contribution in [0.3, 0.4) is 0 Å². The van der Waals surface area contributed by atoms with Gasteiger partial charge in [-0.15, -0.1) is 17.4 Å². The molecular weight excluding hydrogens is 381 g/mol. The molecule has 2 heterocycles. The number of nitrogens with zero attached hydrogens (tertiary/aromatic N) is 6. The first-order chi connectivity index (χ1) is 13.5. The Morgan fingerprint density at radius 3 is 2.79 bits per heavy atom. The van der Waals surface area contributed by atoms with Crippen molar-refractivity contribution in [2.24, 2.45) is 10.2 Å². The van der Waals surface area contributed by atoms with Crippen LogP contribution in [0.25, 0.3) is 0 Å². The van der Waals surface area contributed by atoms with E-state index in [0.29, 0.717) is 42.2 Å². The molecular formula is C19H23ClFN7. The summed E-state index contributed by atoms with van der Waals surface area (Å²) in [5.74, 6) is 2.72. The highest BCUT2D eigenvalue weighted by atomic mass is 35.5. The molecule has 1 aromatic heterocycles. The van der Waals surface area contributed by atoms with Gasteiger partial charge in [-0.25, -0.2) is 9.07 Å². The molecule has 0 spiro atoms. The maximum atomic E-state index is 14.7. The SMILES string of the molecule is C#CCCC1(CCNC(c2c(F)cccc2Cl)c2nnnn2C(C)CC)N=N1. The second-order valence-electron chi connectivity index (χ2n) is 6.90. The summed E-state index contributed by atoms with van der Waals surface area (Å²) in [5, 5.41) is 24.0. The van der Waals surface area contributed by atoms with Crippen LogP contribution in [0.1, 0.15) is 63.0 Å². The molecule has 0 radical (unpaired) electrons. The van der Waals surface area contributed by atoms with Gasteiger partial charge in [0.05, 0.1) is 12.1 Å². The van der Waals surface area contributed by atoms with Gasteiger partial charge in [-0.2, -0.15) is 10.2 Å². The Morgan fingerprint density at radius 2 is 2.14 bits per heavy atom. The van der Waals surface area contributed by atoms with Crippen LogP contribution in [-0.4, -0.2) is 32.4 Å². The molecule has 0 bridgehead atoms. The van der Waals surface area contributed by atoms with Crippen LogP contribution in [0.2, 0.25) is 5.02 Å². The monoisotopic (exact) mass is 403 g/mol. The van der Waals surface area contributed by atoms with Crippen molar-refractivity contribution in [1.82, 2.24) is 25.5 Å². The molecule has 9 heteroatoms. The van der Waals surface area contributed by atoms with E-state index in [4.69, 9.17) is 18.0 Å². The van der Waals surface area contributed by atoms with Gasteiger partial charge in [0.2, 0.25) is 0 Å². The highest BCUT2D eigenvalue weighted by Crippen LogP contribution is 2.37. The van der Waals surface area contributed by atoms with Crippen molar-refractivity contribution in [3.8, 4) is 12.3 Å². The molecule has 2 unspecified atom stereocenters. The van der Waals surface area contributed by atoms with Crippen LogP contribution in [0.4, 0.5) is 4.39 Å². The van der Waals surface area contributed by atoms with E-state index in [0.717, 1.165) is 6.42 Å². The van der Waals surface area contributed by atoms with Crippen LogP contribution in [0.5, 0.6) is 0 Å². The van der Waals surface area contributed by atoms with Gasteiger partial charge in [0.15, 0.2) is 11.5 Å². The topological polar surface area (TPSA) is 80.4 Å². The average Bonchev–Trinajstić information content (AvgIpc) is 3.28. The summed E-state index contributed by atoms with van der Waals surface area (Å²) in [6, 6.07) is 4.09. The number of nitrogens with one attached hydrogen (secondary N) is 1. The Kier molecular flexibility index (Phi) is 6.37. The fourth-order valence-corrected chi connectivity index (χ4v) is 3.34. The highest BCUT2D eigenvalue weighted by molar-refractivity contribution is 6.31. The van der Waals surface area contributed by atoms with Crippen molar-refractivity contribution in [2.75, 3.05) is 6.54 Å². The number of aromatic nitrogens is 4. The van der Waals surface area contributed by atoms with Gasteiger partial charge in [0.1, 0.15) is 5.82 Å². The van der Waals surface area contributed by atoms with Gasteiger partial charge < -0.3 is 5.32 Å². The first-order valence-corrected chi connectivity index (χ1v) is 9.71. The lowest BCUT2D eigenvalue weighted by Crippen LogP contribution is -2.31. The predicted octanol–water partition coefficient (Wildman–Crippen LogP) is 4.08. The number of hydrogen-bond donors (Lipinski definition) is 1. The summed E-state index contributed by atoms with van der Waals surface area (Å²) < 4.78 is 16.4. The fourth-order valence-electron chi connectivity index (χ4n) is 3.07. The molecule has 2 aromatic rings. The highest BCUT2D eigenvalue weighted by Gasteiger charge is 2.39. The van der Waals surface area contributed by atoms with Gasteiger partial charge in [0.25, 0.3) is 0 Å². The number of halogens is 2. The molecule has 1 aromatic carbocycles. The van der Waals surface area contributed by atoms with Crippen molar-refractivity contribution in [2.45, 2.75) is 57.3 Å². The Morgan fingerprint density at radius 1 is 1.36 bits per heavy atom. The van der Waals surface area contributed by atoms with E-state index in [1.165, 1.54) is 6.07 Å². The normalized spacial score (nSPS) is 16.5. The summed E-state index contributed by atoms with van der Waals surface area (Å²) in [4.78, 5) is 0. The summed E-state index contributed by atoms with van der Waals surface area (Å²) >= 11 is 6.34. The Labute approximate surface area is 168 Å². The van der Waals surface area contributed by atoms with Crippen molar-refractivity contribution in [1.29, 1.82) is 0 Å². The first kappa shape index (κ1) is 20.4. The number of terminal acetylenes is 1. The molecule has 7 nitrogen and oxygen atoms in total. The van der Waals surface area contributed by atoms with Gasteiger partial charge in [-0.05, 0) is 35.9 Å². The summed E-state index contributed by atoms with van der Waals surface area (Å²) in [6.07, 6.45) is 8.15. The molecule has 1 N–H and O–H groups in total. The Balaban J connectivity index is 1.84. The smallest absolute Gasteiger partial charge is 0.193 e. The number of hydrogen-bond acceptors (Lipinski definition) is 6. The third-order valence-corrected chi connectivity index (χ3v) is 5.33. The van der Waals surface area contributed by atoms with Gasteiger partial charge in [-0.3, -0.25) is 0 Å². The largest absolute Gasteiger partial charge is 0.303 e. The van der Waals surface area contributed by atoms with Crippen LogP contribution < -0.4 is 5.32 Å². The third kappa shape index (κ3) is 4.37. The number of tetrazole rings is 1. The molecule has 0 fully saturated rings. The minimum absolute atomic E-state index is 0.0650. The standard InChI is InChI=1S/C19H23ClFN7/c1-4-6-10-19(24-25-19)11-12-22-17(16-14(20)8-7-9-15(16)21)18-23-26-27-28(18)13(3)5-2/h1,7-9,13,17,22H,5-6,10-12H2,2-3H3. The van der Waals surface area contributed by atoms with Gasteiger partial charge in [-0.1, -0.05) is 24.6 Å². The maximum Gasteiger partial charge on any atom is 0.193 e. The van der Waals surface area contributed by atoms with E-state index in [9.17, 15) is 4.39 Å². The molecule has 1 aliphatic heterocycles.